The number of hydrogen-bond donors (Lipinski definition) is 1. The summed E-state index contributed by atoms with van der Waals surface area (Å²) < 4.78 is 4.90. The van der Waals surface area contributed by atoms with Crippen LogP contribution in [0.5, 0.6) is 0 Å². The van der Waals surface area contributed by atoms with Crippen molar-refractivity contribution in [3.05, 3.63) is 23.3 Å². The Labute approximate surface area is 87.2 Å². The summed E-state index contributed by atoms with van der Waals surface area (Å²) in [6, 6.07) is 0. The van der Waals surface area contributed by atoms with Gasteiger partial charge in [-0.2, -0.15) is 0 Å². The number of allylic oxidation sites excluding steroid dienone is 1. The lowest BCUT2D eigenvalue weighted by Crippen LogP contribution is -2.28. The number of carbonyl (C=O) groups is 2. The van der Waals surface area contributed by atoms with E-state index in [0.29, 0.717) is 0 Å². The van der Waals surface area contributed by atoms with Crippen molar-refractivity contribution in [1.82, 2.24) is 0 Å². The van der Waals surface area contributed by atoms with Crippen LogP contribution in [0.2, 0.25) is 0 Å². The zero-order chi connectivity index (χ0) is 11.2. The number of ketones is 2. The molecule has 0 bridgehead atoms. The minimum atomic E-state index is -1.00. The monoisotopic (exact) mass is 208 g/mol. The molecule has 0 saturated carbocycles. The molecule has 1 heterocycles. The van der Waals surface area contributed by atoms with Gasteiger partial charge in [-0.3, -0.25) is 9.59 Å². The van der Waals surface area contributed by atoms with Crippen LogP contribution in [-0.2, 0) is 14.3 Å². The molecule has 1 aliphatic carbocycles. The summed E-state index contributed by atoms with van der Waals surface area (Å²) in [7, 11) is 0. The maximum atomic E-state index is 11.6. The van der Waals surface area contributed by atoms with Gasteiger partial charge in [0.2, 0.25) is 0 Å². The standard InChI is InChI=1S/C11H12O4/c1-5(2)3-7(12)6-4-8(13)10-11(15-10)9(6)14/h3-4,7,10-12H,1-2H3/t7-,10-,11-/m1/s1. The average Bonchev–Trinajstić information content (AvgIpc) is 2.89. The zero-order valence-electron chi connectivity index (χ0n) is 8.56. The molecule has 0 unspecified atom stereocenters. The first-order valence-electron chi connectivity index (χ1n) is 4.79. The molecule has 0 aromatic carbocycles. The number of aliphatic hydroxyl groups is 1. The number of ether oxygens (including phenoxy) is 1. The summed E-state index contributed by atoms with van der Waals surface area (Å²) >= 11 is 0. The van der Waals surface area contributed by atoms with Crippen LogP contribution in [-0.4, -0.2) is 35.0 Å². The van der Waals surface area contributed by atoms with Gasteiger partial charge < -0.3 is 9.84 Å². The highest BCUT2D eigenvalue weighted by Gasteiger charge is 2.53. The van der Waals surface area contributed by atoms with Crippen LogP contribution >= 0.6 is 0 Å². The van der Waals surface area contributed by atoms with E-state index in [1.807, 2.05) is 13.8 Å². The topological polar surface area (TPSA) is 66.9 Å². The Morgan fingerprint density at radius 2 is 2.13 bits per heavy atom. The van der Waals surface area contributed by atoms with E-state index in [0.717, 1.165) is 5.57 Å². The number of fused-ring (bicyclic) bond motifs is 1. The highest BCUT2D eigenvalue weighted by Crippen LogP contribution is 2.32. The number of rotatable bonds is 2. The van der Waals surface area contributed by atoms with Crippen molar-refractivity contribution in [2.75, 3.05) is 0 Å². The molecule has 2 aliphatic rings. The lowest BCUT2D eigenvalue weighted by atomic mass is 9.92. The molecule has 4 nitrogen and oxygen atoms in total. The van der Waals surface area contributed by atoms with E-state index in [9.17, 15) is 14.7 Å². The lowest BCUT2D eigenvalue weighted by molar-refractivity contribution is -0.120. The van der Waals surface area contributed by atoms with Crippen LogP contribution in [0.15, 0.2) is 23.3 Å². The Hall–Kier alpha value is -1.26. The summed E-state index contributed by atoms with van der Waals surface area (Å²) in [6.45, 7) is 3.63. The second-order valence-electron chi connectivity index (χ2n) is 4.03. The summed E-state index contributed by atoms with van der Waals surface area (Å²) in [5, 5.41) is 9.70. The van der Waals surface area contributed by atoms with Crippen molar-refractivity contribution < 1.29 is 19.4 Å². The molecule has 3 atom stereocenters. The predicted molar refractivity (Wildman–Crippen MR) is 52.2 cm³/mol. The van der Waals surface area contributed by atoms with Crippen LogP contribution in [0, 0.1) is 0 Å². The number of aliphatic hydroxyl groups excluding tert-OH is 1. The molecule has 80 valence electrons. The summed E-state index contributed by atoms with van der Waals surface area (Å²) in [4.78, 5) is 22.9. The molecule has 0 radical (unpaired) electrons. The van der Waals surface area contributed by atoms with E-state index in [4.69, 9.17) is 4.74 Å². The molecule has 0 aromatic rings. The van der Waals surface area contributed by atoms with Crippen LogP contribution in [0.1, 0.15) is 13.8 Å². The molecule has 4 heteroatoms. The first-order valence-corrected chi connectivity index (χ1v) is 4.79. The van der Waals surface area contributed by atoms with Crippen LogP contribution < -0.4 is 0 Å². The second kappa shape index (κ2) is 3.40. The molecular formula is C11H12O4. The Balaban J connectivity index is 2.25. The molecule has 0 aromatic heterocycles. The fraction of sp³-hybridized carbons (Fsp3) is 0.455. The van der Waals surface area contributed by atoms with E-state index in [-0.39, 0.29) is 17.1 Å². The normalized spacial score (nSPS) is 30.5. The SMILES string of the molecule is CC(C)=C[C@@H](O)C1=CC(=O)[C@H]2O[C@@H]2C1=O. The molecule has 1 N–H and O–H groups in total. The Kier molecular flexibility index (Phi) is 2.32. The van der Waals surface area contributed by atoms with Crippen molar-refractivity contribution in [3.8, 4) is 0 Å². The van der Waals surface area contributed by atoms with Crippen LogP contribution in [0.25, 0.3) is 0 Å². The Bertz CT molecular complexity index is 387. The molecule has 2 rings (SSSR count). The van der Waals surface area contributed by atoms with Gasteiger partial charge in [-0.15, -0.1) is 0 Å². The van der Waals surface area contributed by atoms with Gasteiger partial charge in [-0.25, -0.2) is 0 Å². The molecule has 0 spiro atoms. The quantitative estimate of drug-likeness (QED) is 0.518. The van der Waals surface area contributed by atoms with Crippen molar-refractivity contribution >= 4 is 11.6 Å². The first-order chi connectivity index (χ1) is 7.00. The van der Waals surface area contributed by atoms with Gasteiger partial charge in [0.1, 0.15) is 6.10 Å². The molecule has 1 fully saturated rings. The molecule has 15 heavy (non-hydrogen) atoms. The van der Waals surface area contributed by atoms with E-state index < -0.39 is 18.3 Å². The summed E-state index contributed by atoms with van der Waals surface area (Å²) in [5.41, 5.74) is 1.03. The van der Waals surface area contributed by atoms with Crippen LogP contribution in [0.3, 0.4) is 0 Å². The lowest BCUT2D eigenvalue weighted by Gasteiger charge is -2.12. The maximum absolute atomic E-state index is 11.6. The Morgan fingerprint density at radius 1 is 1.47 bits per heavy atom. The molecular weight excluding hydrogens is 196 g/mol. The first kappa shape index (κ1) is 10.3. The van der Waals surface area contributed by atoms with Crippen LogP contribution in [0.4, 0.5) is 0 Å². The minimum Gasteiger partial charge on any atom is -0.384 e. The van der Waals surface area contributed by atoms with Gasteiger partial charge in [0.05, 0.1) is 0 Å². The van der Waals surface area contributed by atoms with E-state index in [1.165, 1.54) is 6.08 Å². The van der Waals surface area contributed by atoms with E-state index in [1.54, 1.807) is 6.08 Å². The number of hydrogen-bond acceptors (Lipinski definition) is 4. The molecule has 0 amide bonds. The maximum Gasteiger partial charge on any atom is 0.193 e. The average molecular weight is 208 g/mol. The number of epoxide rings is 1. The van der Waals surface area contributed by atoms with Gasteiger partial charge in [0.25, 0.3) is 0 Å². The summed E-state index contributed by atoms with van der Waals surface area (Å²) in [5.74, 6) is -0.500. The van der Waals surface area contributed by atoms with Gasteiger partial charge in [-0.05, 0) is 19.9 Å². The van der Waals surface area contributed by atoms with E-state index >= 15 is 0 Å². The summed E-state index contributed by atoms with van der Waals surface area (Å²) in [6.07, 6.45) is 0.509. The van der Waals surface area contributed by atoms with Gasteiger partial charge in [0.15, 0.2) is 23.8 Å². The number of Topliss-reactive ketones (excluding diaryl/α,β-unsaturated/α-hetero) is 1. The molecule has 1 aliphatic heterocycles. The smallest absolute Gasteiger partial charge is 0.193 e. The van der Waals surface area contributed by atoms with Gasteiger partial charge in [0, 0.05) is 5.57 Å². The Morgan fingerprint density at radius 3 is 2.73 bits per heavy atom. The fourth-order valence-electron chi connectivity index (χ4n) is 1.64. The highest BCUT2D eigenvalue weighted by atomic mass is 16.6. The number of carbonyl (C=O) groups excluding carboxylic acids is 2. The third kappa shape index (κ3) is 1.78. The van der Waals surface area contributed by atoms with E-state index in [2.05, 4.69) is 0 Å². The van der Waals surface area contributed by atoms with Gasteiger partial charge in [-0.1, -0.05) is 11.6 Å². The third-order valence-corrected chi connectivity index (χ3v) is 2.42. The van der Waals surface area contributed by atoms with Crippen molar-refractivity contribution in [3.63, 3.8) is 0 Å². The second-order valence-corrected chi connectivity index (χ2v) is 4.03. The largest absolute Gasteiger partial charge is 0.384 e. The fourth-order valence-corrected chi connectivity index (χ4v) is 1.64. The predicted octanol–water partition coefficient (Wildman–Crippen LogP) is 0.159. The molecule has 1 saturated heterocycles. The van der Waals surface area contributed by atoms with Crippen molar-refractivity contribution in [1.29, 1.82) is 0 Å². The minimum absolute atomic E-state index is 0.139. The van der Waals surface area contributed by atoms with Crippen molar-refractivity contribution in [2.24, 2.45) is 0 Å². The van der Waals surface area contributed by atoms with Crippen molar-refractivity contribution in [2.45, 2.75) is 32.2 Å². The zero-order valence-corrected chi connectivity index (χ0v) is 8.56. The highest BCUT2D eigenvalue weighted by molar-refractivity contribution is 6.16. The third-order valence-electron chi connectivity index (χ3n) is 2.42. The van der Waals surface area contributed by atoms with Gasteiger partial charge >= 0.3 is 0 Å².